The molecule has 1 rings (SSSR count). The molecule has 1 aromatic heterocycles. The zero-order chi connectivity index (χ0) is 9.84. The number of methoxy groups -OCH3 is 1. The Morgan fingerprint density at radius 2 is 2.62 bits per heavy atom. The number of hydrogen-bond donors (Lipinski definition) is 1. The second kappa shape index (κ2) is 4.38. The molecule has 1 heterocycles. The maximum Gasteiger partial charge on any atom is 0.324 e. The first-order valence-electron chi connectivity index (χ1n) is 3.65. The van der Waals surface area contributed by atoms with E-state index in [0.717, 1.165) is 4.47 Å². The number of hydrogen-bond acceptors (Lipinski definition) is 4. The van der Waals surface area contributed by atoms with Crippen LogP contribution in [0.1, 0.15) is 0 Å². The Labute approximate surface area is 84.0 Å². The van der Waals surface area contributed by atoms with E-state index in [-0.39, 0.29) is 0 Å². The topological polar surface area (TPSA) is 70.1 Å². The molecule has 0 aliphatic heterocycles. The van der Waals surface area contributed by atoms with Gasteiger partial charge in [0, 0.05) is 6.20 Å². The highest BCUT2D eigenvalue weighted by atomic mass is 79.9. The molecule has 5 nitrogen and oxygen atoms in total. The summed E-state index contributed by atoms with van der Waals surface area (Å²) < 4.78 is 6.90. The summed E-state index contributed by atoms with van der Waals surface area (Å²) in [6.07, 6.45) is 3.37. The van der Waals surface area contributed by atoms with Crippen LogP contribution >= 0.6 is 15.9 Å². The van der Waals surface area contributed by atoms with Gasteiger partial charge >= 0.3 is 5.97 Å². The van der Waals surface area contributed by atoms with Crippen molar-refractivity contribution in [3.63, 3.8) is 0 Å². The molecule has 0 aromatic carbocycles. The van der Waals surface area contributed by atoms with E-state index in [0.29, 0.717) is 6.54 Å². The van der Waals surface area contributed by atoms with Crippen molar-refractivity contribution in [3.8, 4) is 0 Å². The Kier molecular flexibility index (Phi) is 3.44. The number of nitrogens with zero attached hydrogens (tertiary/aromatic N) is 2. The summed E-state index contributed by atoms with van der Waals surface area (Å²) in [6.45, 7) is 0.318. The number of carbonyl (C=O) groups excluding carboxylic acids is 1. The lowest BCUT2D eigenvalue weighted by Gasteiger charge is -2.08. The number of nitrogens with two attached hydrogens (primary N) is 1. The number of halogens is 1. The average molecular weight is 248 g/mol. The minimum atomic E-state index is -0.670. The molecule has 0 amide bonds. The zero-order valence-electron chi connectivity index (χ0n) is 7.11. The first-order valence-corrected chi connectivity index (χ1v) is 4.44. The van der Waals surface area contributed by atoms with Gasteiger partial charge in [-0.05, 0) is 15.9 Å². The quantitative estimate of drug-likeness (QED) is 0.773. The third-order valence-corrected chi connectivity index (χ3v) is 1.90. The van der Waals surface area contributed by atoms with E-state index in [1.807, 2.05) is 0 Å². The summed E-state index contributed by atoms with van der Waals surface area (Å²) in [5.74, 6) is -0.438. The van der Waals surface area contributed by atoms with Crippen LogP contribution in [0.3, 0.4) is 0 Å². The molecule has 6 heteroatoms. The monoisotopic (exact) mass is 247 g/mol. The molecule has 72 valence electrons. The molecule has 2 N–H and O–H groups in total. The second-order valence-corrected chi connectivity index (χ2v) is 3.43. The molecule has 13 heavy (non-hydrogen) atoms. The van der Waals surface area contributed by atoms with Crippen molar-refractivity contribution in [3.05, 3.63) is 16.9 Å². The van der Waals surface area contributed by atoms with Crippen LogP contribution in [0.25, 0.3) is 0 Å². The van der Waals surface area contributed by atoms with Crippen LogP contribution in [-0.4, -0.2) is 28.9 Å². The molecule has 0 radical (unpaired) electrons. The Morgan fingerprint density at radius 1 is 1.92 bits per heavy atom. The molecule has 0 spiro atoms. The van der Waals surface area contributed by atoms with Crippen LogP contribution in [-0.2, 0) is 16.1 Å². The van der Waals surface area contributed by atoms with Gasteiger partial charge in [0.15, 0.2) is 0 Å². The van der Waals surface area contributed by atoms with Gasteiger partial charge in [-0.25, -0.2) is 0 Å². The molecule has 0 aliphatic rings. The van der Waals surface area contributed by atoms with Crippen LogP contribution in [0.2, 0.25) is 0 Å². The van der Waals surface area contributed by atoms with E-state index in [9.17, 15) is 4.79 Å². The third kappa shape index (κ3) is 2.82. The fourth-order valence-electron chi connectivity index (χ4n) is 0.866. The van der Waals surface area contributed by atoms with Crippen molar-refractivity contribution < 1.29 is 9.53 Å². The van der Waals surface area contributed by atoms with Gasteiger partial charge in [0.25, 0.3) is 0 Å². The van der Waals surface area contributed by atoms with Gasteiger partial charge in [-0.15, -0.1) is 0 Å². The number of rotatable bonds is 3. The normalized spacial score (nSPS) is 12.5. The van der Waals surface area contributed by atoms with E-state index in [1.54, 1.807) is 17.1 Å². The van der Waals surface area contributed by atoms with Gasteiger partial charge in [-0.2, -0.15) is 5.10 Å². The van der Waals surface area contributed by atoms with Crippen molar-refractivity contribution in [1.29, 1.82) is 0 Å². The van der Waals surface area contributed by atoms with E-state index >= 15 is 0 Å². The van der Waals surface area contributed by atoms with E-state index in [4.69, 9.17) is 5.73 Å². The van der Waals surface area contributed by atoms with Crippen LogP contribution in [0.5, 0.6) is 0 Å². The Balaban J connectivity index is 2.54. The Morgan fingerprint density at radius 3 is 3.08 bits per heavy atom. The van der Waals surface area contributed by atoms with Crippen LogP contribution in [0.15, 0.2) is 16.9 Å². The van der Waals surface area contributed by atoms with Gasteiger partial charge in [-0.3, -0.25) is 9.48 Å². The Hall–Kier alpha value is -0.880. The maximum absolute atomic E-state index is 10.9. The standard InChI is InChI=1S/C7H10BrN3O2/c1-13-7(12)6(9)4-11-3-5(8)2-10-11/h2-3,6H,4,9H2,1H3/t6-/m0/s1. The molecular formula is C7H10BrN3O2. The molecule has 0 aliphatic carbocycles. The van der Waals surface area contributed by atoms with Crippen molar-refractivity contribution in [2.45, 2.75) is 12.6 Å². The fourth-order valence-corrected chi connectivity index (χ4v) is 1.19. The summed E-state index contributed by atoms with van der Waals surface area (Å²) in [6, 6.07) is -0.670. The lowest BCUT2D eigenvalue weighted by atomic mass is 10.3. The molecule has 0 bridgehead atoms. The van der Waals surface area contributed by atoms with Crippen LogP contribution in [0, 0.1) is 0 Å². The summed E-state index contributed by atoms with van der Waals surface area (Å²) >= 11 is 3.24. The molecule has 0 fully saturated rings. The smallest absolute Gasteiger partial charge is 0.324 e. The predicted molar refractivity (Wildman–Crippen MR) is 49.9 cm³/mol. The van der Waals surface area contributed by atoms with Crippen molar-refractivity contribution in [1.82, 2.24) is 9.78 Å². The summed E-state index contributed by atoms with van der Waals surface area (Å²) in [5.41, 5.74) is 5.52. The van der Waals surface area contributed by atoms with Gasteiger partial charge < -0.3 is 10.5 Å². The number of aromatic nitrogens is 2. The summed E-state index contributed by atoms with van der Waals surface area (Å²) in [4.78, 5) is 10.9. The largest absolute Gasteiger partial charge is 0.468 e. The average Bonchev–Trinajstić information content (AvgIpc) is 2.49. The summed E-state index contributed by atoms with van der Waals surface area (Å²) in [7, 11) is 1.31. The van der Waals surface area contributed by atoms with Gasteiger partial charge in [0.2, 0.25) is 0 Å². The minimum absolute atomic E-state index is 0.318. The highest BCUT2D eigenvalue weighted by molar-refractivity contribution is 9.10. The zero-order valence-corrected chi connectivity index (χ0v) is 8.69. The highest BCUT2D eigenvalue weighted by Crippen LogP contribution is 2.06. The van der Waals surface area contributed by atoms with Crippen molar-refractivity contribution in [2.75, 3.05) is 7.11 Å². The first-order chi connectivity index (χ1) is 6.13. The fraction of sp³-hybridized carbons (Fsp3) is 0.429. The Bertz CT molecular complexity index is 300. The summed E-state index contributed by atoms with van der Waals surface area (Å²) in [5, 5.41) is 3.95. The highest BCUT2D eigenvalue weighted by Gasteiger charge is 2.14. The van der Waals surface area contributed by atoms with Crippen LogP contribution in [0.4, 0.5) is 0 Å². The first kappa shape index (κ1) is 10.2. The van der Waals surface area contributed by atoms with Gasteiger partial charge in [-0.1, -0.05) is 0 Å². The van der Waals surface area contributed by atoms with E-state index < -0.39 is 12.0 Å². The minimum Gasteiger partial charge on any atom is -0.468 e. The lowest BCUT2D eigenvalue weighted by molar-refractivity contribution is -0.142. The molecule has 0 unspecified atom stereocenters. The number of carbonyl (C=O) groups is 1. The number of esters is 1. The third-order valence-electron chi connectivity index (χ3n) is 1.49. The second-order valence-electron chi connectivity index (χ2n) is 2.51. The molecule has 0 saturated heterocycles. The predicted octanol–water partition coefficient (Wildman–Crippen LogP) is 0.146. The number of ether oxygens (including phenoxy) is 1. The van der Waals surface area contributed by atoms with Crippen molar-refractivity contribution in [2.24, 2.45) is 5.73 Å². The SMILES string of the molecule is COC(=O)[C@@H](N)Cn1cc(Br)cn1. The van der Waals surface area contributed by atoms with E-state index in [2.05, 4.69) is 25.8 Å². The van der Waals surface area contributed by atoms with Crippen molar-refractivity contribution >= 4 is 21.9 Å². The van der Waals surface area contributed by atoms with Gasteiger partial charge in [0.1, 0.15) is 6.04 Å². The van der Waals surface area contributed by atoms with Crippen LogP contribution < -0.4 is 5.73 Å². The molecular weight excluding hydrogens is 238 g/mol. The molecule has 1 atom stereocenters. The van der Waals surface area contributed by atoms with E-state index in [1.165, 1.54) is 7.11 Å². The van der Waals surface area contributed by atoms with Gasteiger partial charge in [0.05, 0.1) is 24.3 Å². The lowest BCUT2D eigenvalue weighted by Crippen LogP contribution is -2.35. The molecule has 0 saturated carbocycles. The molecule has 1 aromatic rings. The maximum atomic E-state index is 10.9.